The highest BCUT2D eigenvalue weighted by atomic mass is 16.5. The van der Waals surface area contributed by atoms with E-state index in [0.29, 0.717) is 0 Å². The average molecular weight is 256 g/mol. The number of likely N-dealkylation sites (N-methyl/N-ethyl adjacent to an activating group) is 1. The lowest BCUT2D eigenvalue weighted by Crippen LogP contribution is -2.34. The first-order valence-corrected chi connectivity index (χ1v) is 6.15. The molecule has 0 saturated heterocycles. The number of imidazole rings is 1. The molecule has 0 radical (unpaired) electrons. The minimum atomic E-state index is 0.119. The lowest BCUT2D eigenvalue weighted by atomic mass is 10.1. The van der Waals surface area contributed by atoms with E-state index in [2.05, 4.69) is 15.6 Å². The molecule has 2 heterocycles. The van der Waals surface area contributed by atoms with E-state index in [0.717, 1.165) is 23.0 Å². The molecule has 19 heavy (non-hydrogen) atoms. The van der Waals surface area contributed by atoms with Crippen molar-refractivity contribution < 1.29 is 4.74 Å². The molecular weight excluding hydrogens is 240 g/mol. The van der Waals surface area contributed by atoms with Gasteiger partial charge < -0.3 is 10.1 Å². The third kappa shape index (κ3) is 2.20. The van der Waals surface area contributed by atoms with Gasteiger partial charge in [0.15, 0.2) is 0 Å². The Labute approximate surface area is 111 Å². The number of hydrogen-bond donors (Lipinski definition) is 2. The summed E-state index contributed by atoms with van der Waals surface area (Å²) in [6.45, 7) is 0. The summed E-state index contributed by atoms with van der Waals surface area (Å²) in [5.74, 6) is 1.67. The van der Waals surface area contributed by atoms with E-state index in [9.17, 15) is 0 Å². The van der Waals surface area contributed by atoms with Gasteiger partial charge in [0.05, 0.1) is 12.8 Å². The second kappa shape index (κ2) is 4.78. The molecule has 1 unspecified atom stereocenters. The van der Waals surface area contributed by atoms with Gasteiger partial charge in [0, 0.05) is 18.0 Å². The van der Waals surface area contributed by atoms with Crippen LogP contribution in [-0.2, 0) is 0 Å². The fourth-order valence-corrected chi connectivity index (χ4v) is 2.07. The number of anilines is 1. The van der Waals surface area contributed by atoms with E-state index in [-0.39, 0.29) is 6.17 Å². The van der Waals surface area contributed by atoms with Crippen LogP contribution in [0.15, 0.2) is 36.5 Å². The van der Waals surface area contributed by atoms with Gasteiger partial charge in [-0.15, -0.1) is 0 Å². The lowest BCUT2D eigenvalue weighted by Gasteiger charge is -2.18. The molecule has 1 atom stereocenters. The molecule has 1 aliphatic rings. The van der Waals surface area contributed by atoms with E-state index in [4.69, 9.17) is 4.74 Å². The number of aromatic nitrogens is 2. The molecule has 1 aliphatic heterocycles. The van der Waals surface area contributed by atoms with Gasteiger partial charge in [0.1, 0.15) is 11.9 Å². The summed E-state index contributed by atoms with van der Waals surface area (Å²) < 4.78 is 7.21. The van der Waals surface area contributed by atoms with Crippen LogP contribution in [0, 0.1) is 0 Å². The SMILES string of the molecule is CNC1C=Cn2cc(-c3cccc(OC)c3)nc2N1. The molecule has 0 amide bonds. The summed E-state index contributed by atoms with van der Waals surface area (Å²) in [5, 5.41) is 6.43. The Balaban J connectivity index is 1.95. The Morgan fingerprint density at radius 1 is 1.42 bits per heavy atom. The van der Waals surface area contributed by atoms with Crippen molar-refractivity contribution in [3.05, 3.63) is 36.5 Å². The Bertz CT molecular complexity index is 618. The second-order valence-corrected chi connectivity index (χ2v) is 4.34. The molecule has 0 bridgehead atoms. The number of rotatable bonds is 3. The van der Waals surface area contributed by atoms with Gasteiger partial charge in [-0.2, -0.15) is 0 Å². The summed E-state index contributed by atoms with van der Waals surface area (Å²) in [4.78, 5) is 4.60. The standard InChI is InChI=1S/C14H16N4O/c1-15-13-6-7-18-9-12(16-14(18)17-13)10-4-3-5-11(8-10)19-2/h3-9,13,15H,1-2H3,(H,16,17). The largest absolute Gasteiger partial charge is 0.497 e. The number of fused-ring (bicyclic) bond motifs is 1. The Hall–Kier alpha value is -2.27. The van der Waals surface area contributed by atoms with Crippen molar-refractivity contribution in [2.45, 2.75) is 6.17 Å². The van der Waals surface area contributed by atoms with Crippen molar-refractivity contribution in [1.82, 2.24) is 14.9 Å². The number of benzene rings is 1. The van der Waals surface area contributed by atoms with Gasteiger partial charge in [-0.25, -0.2) is 4.98 Å². The normalized spacial score (nSPS) is 16.8. The van der Waals surface area contributed by atoms with Crippen LogP contribution in [-0.4, -0.2) is 29.9 Å². The van der Waals surface area contributed by atoms with Crippen LogP contribution >= 0.6 is 0 Å². The van der Waals surface area contributed by atoms with Gasteiger partial charge in [-0.3, -0.25) is 9.88 Å². The zero-order chi connectivity index (χ0) is 13.2. The summed E-state index contributed by atoms with van der Waals surface area (Å²) in [6, 6.07) is 7.89. The van der Waals surface area contributed by atoms with E-state index < -0.39 is 0 Å². The summed E-state index contributed by atoms with van der Waals surface area (Å²) >= 11 is 0. The quantitative estimate of drug-likeness (QED) is 0.882. The van der Waals surface area contributed by atoms with Crippen LogP contribution in [0.4, 0.5) is 5.95 Å². The second-order valence-electron chi connectivity index (χ2n) is 4.34. The smallest absolute Gasteiger partial charge is 0.209 e. The predicted molar refractivity (Wildman–Crippen MR) is 76.0 cm³/mol. The zero-order valence-electron chi connectivity index (χ0n) is 10.9. The molecule has 0 saturated carbocycles. The maximum atomic E-state index is 5.24. The molecule has 0 spiro atoms. The molecule has 2 aromatic rings. The molecular formula is C14H16N4O. The molecule has 98 valence electrons. The predicted octanol–water partition coefficient (Wildman–Crippen LogP) is 2.00. The highest BCUT2D eigenvalue weighted by Gasteiger charge is 2.14. The van der Waals surface area contributed by atoms with E-state index in [1.54, 1.807) is 7.11 Å². The number of methoxy groups -OCH3 is 1. The van der Waals surface area contributed by atoms with E-state index >= 15 is 0 Å². The van der Waals surface area contributed by atoms with Crippen LogP contribution in [0.5, 0.6) is 5.75 Å². The van der Waals surface area contributed by atoms with Crippen LogP contribution < -0.4 is 15.4 Å². The Morgan fingerprint density at radius 2 is 2.32 bits per heavy atom. The highest BCUT2D eigenvalue weighted by Crippen LogP contribution is 2.26. The topological polar surface area (TPSA) is 51.1 Å². The molecule has 5 nitrogen and oxygen atoms in total. The Morgan fingerprint density at radius 3 is 3.11 bits per heavy atom. The van der Waals surface area contributed by atoms with Gasteiger partial charge in [0.2, 0.25) is 5.95 Å². The third-order valence-corrected chi connectivity index (χ3v) is 3.13. The molecule has 1 aromatic carbocycles. The first kappa shape index (κ1) is 11.8. The molecule has 0 aliphatic carbocycles. The van der Waals surface area contributed by atoms with Gasteiger partial charge >= 0.3 is 0 Å². The molecule has 3 rings (SSSR count). The van der Waals surface area contributed by atoms with Crippen molar-refractivity contribution in [3.8, 4) is 17.0 Å². The number of hydrogen-bond acceptors (Lipinski definition) is 4. The zero-order valence-corrected chi connectivity index (χ0v) is 10.9. The van der Waals surface area contributed by atoms with Gasteiger partial charge in [-0.05, 0) is 25.3 Å². The van der Waals surface area contributed by atoms with Crippen LogP contribution in [0.25, 0.3) is 17.5 Å². The number of nitrogens with one attached hydrogen (secondary N) is 2. The summed E-state index contributed by atoms with van der Waals surface area (Å²) in [5.41, 5.74) is 1.96. The number of ether oxygens (including phenoxy) is 1. The molecule has 5 heteroatoms. The maximum Gasteiger partial charge on any atom is 0.209 e. The van der Waals surface area contributed by atoms with E-state index in [1.807, 2.05) is 54.4 Å². The Kier molecular flexibility index (Phi) is 2.97. The van der Waals surface area contributed by atoms with Crippen LogP contribution in [0.1, 0.15) is 0 Å². The fraction of sp³-hybridized carbons (Fsp3) is 0.214. The molecule has 0 fully saturated rings. The minimum absolute atomic E-state index is 0.119. The third-order valence-electron chi connectivity index (χ3n) is 3.13. The van der Waals surface area contributed by atoms with Crippen molar-refractivity contribution in [1.29, 1.82) is 0 Å². The van der Waals surface area contributed by atoms with Gasteiger partial charge in [-0.1, -0.05) is 12.1 Å². The van der Waals surface area contributed by atoms with Crippen molar-refractivity contribution in [2.24, 2.45) is 0 Å². The molecule has 2 N–H and O–H groups in total. The first-order valence-electron chi connectivity index (χ1n) is 6.15. The summed E-state index contributed by atoms with van der Waals surface area (Å²) in [6.07, 6.45) is 6.17. The monoisotopic (exact) mass is 256 g/mol. The number of nitrogens with zero attached hydrogens (tertiary/aromatic N) is 2. The highest BCUT2D eigenvalue weighted by molar-refractivity contribution is 5.65. The molecule has 1 aromatic heterocycles. The van der Waals surface area contributed by atoms with Crippen molar-refractivity contribution in [2.75, 3.05) is 19.5 Å². The first-order chi connectivity index (χ1) is 9.30. The summed E-state index contributed by atoms with van der Waals surface area (Å²) in [7, 11) is 3.57. The maximum absolute atomic E-state index is 5.24. The lowest BCUT2D eigenvalue weighted by molar-refractivity contribution is 0.415. The van der Waals surface area contributed by atoms with Crippen molar-refractivity contribution in [3.63, 3.8) is 0 Å². The van der Waals surface area contributed by atoms with Crippen molar-refractivity contribution >= 4 is 12.1 Å². The minimum Gasteiger partial charge on any atom is -0.497 e. The van der Waals surface area contributed by atoms with Crippen LogP contribution in [0.2, 0.25) is 0 Å². The fourth-order valence-electron chi connectivity index (χ4n) is 2.07. The average Bonchev–Trinajstić information content (AvgIpc) is 2.90. The van der Waals surface area contributed by atoms with E-state index in [1.165, 1.54) is 0 Å². The van der Waals surface area contributed by atoms with Crippen LogP contribution in [0.3, 0.4) is 0 Å². The van der Waals surface area contributed by atoms with Gasteiger partial charge in [0.25, 0.3) is 0 Å².